The number of aromatic nitrogens is 1. The van der Waals surface area contributed by atoms with Gasteiger partial charge in [-0.1, -0.05) is 0 Å². The van der Waals surface area contributed by atoms with Crippen molar-refractivity contribution in [2.45, 2.75) is 0 Å². The van der Waals surface area contributed by atoms with E-state index in [2.05, 4.69) is 4.90 Å². The molecule has 3 rings (SSSR count). The van der Waals surface area contributed by atoms with Crippen LogP contribution in [-0.2, 0) is 0 Å². The average molecular weight is 299 g/mol. The zero-order chi connectivity index (χ0) is 15.4. The minimum absolute atomic E-state index is 0.0858. The van der Waals surface area contributed by atoms with Crippen molar-refractivity contribution in [3.8, 4) is 5.69 Å². The number of piperazine rings is 1. The van der Waals surface area contributed by atoms with Crippen molar-refractivity contribution in [3.63, 3.8) is 0 Å². The molecule has 2 aromatic rings. The van der Waals surface area contributed by atoms with Crippen LogP contribution >= 0.6 is 0 Å². The molecule has 0 bridgehead atoms. The number of β-amino-alcohol motifs (C(OH)–C–C–N with tert-alkyl or cyclic N) is 1. The number of amides is 1. The first-order valence-corrected chi connectivity index (χ1v) is 7.64. The molecule has 1 aliphatic rings. The normalized spacial score (nSPS) is 16.0. The van der Waals surface area contributed by atoms with Crippen molar-refractivity contribution in [1.82, 2.24) is 14.4 Å². The van der Waals surface area contributed by atoms with Gasteiger partial charge in [0.25, 0.3) is 5.91 Å². The fourth-order valence-electron chi connectivity index (χ4n) is 2.78. The number of hydrogen-bond donors (Lipinski definition) is 1. The molecule has 0 spiro atoms. The van der Waals surface area contributed by atoms with E-state index >= 15 is 0 Å². The molecule has 1 fully saturated rings. The van der Waals surface area contributed by atoms with E-state index in [1.807, 2.05) is 58.3 Å². The summed E-state index contributed by atoms with van der Waals surface area (Å²) in [6, 6.07) is 11.7. The summed E-state index contributed by atoms with van der Waals surface area (Å²) in [5.74, 6) is 0.0858. The topological polar surface area (TPSA) is 48.7 Å². The van der Waals surface area contributed by atoms with Gasteiger partial charge in [0, 0.05) is 56.4 Å². The number of aliphatic hydroxyl groups is 1. The lowest BCUT2D eigenvalue weighted by molar-refractivity contribution is 0.0615. The molecule has 1 aromatic carbocycles. The van der Waals surface area contributed by atoms with E-state index in [4.69, 9.17) is 5.11 Å². The molecule has 116 valence electrons. The van der Waals surface area contributed by atoms with E-state index in [1.165, 1.54) is 0 Å². The highest BCUT2D eigenvalue weighted by Gasteiger charge is 2.21. The summed E-state index contributed by atoms with van der Waals surface area (Å²) in [5.41, 5.74) is 1.78. The Labute approximate surface area is 130 Å². The van der Waals surface area contributed by atoms with Crippen LogP contribution in [-0.4, -0.2) is 64.7 Å². The Bertz CT molecular complexity index is 599. The van der Waals surface area contributed by atoms with E-state index < -0.39 is 0 Å². The highest BCUT2D eigenvalue weighted by atomic mass is 16.3. The molecule has 1 amide bonds. The van der Waals surface area contributed by atoms with Gasteiger partial charge in [-0.05, 0) is 36.4 Å². The maximum absolute atomic E-state index is 12.5. The van der Waals surface area contributed by atoms with Gasteiger partial charge < -0.3 is 14.6 Å². The Morgan fingerprint density at radius 1 is 1.00 bits per heavy atom. The fraction of sp³-hybridized carbons (Fsp3) is 0.353. The Morgan fingerprint density at radius 3 is 2.23 bits per heavy atom. The van der Waals surface area contributed by atoms with E-state index in [0.29, 0.717) is 6.54 Å². The Morgan fingerprint density at radius 2 is 1.64 bits per heavy atom. The number of benzene rings is 1. The highest BCUT2D eigenvalue weighted by molar-refractivity contribution is 5.94. The van der Waals surface area contributed by atoms with Crippen LogP contribution in [0.3, 0.4) is 0 Å². The summed E-state index contributed by atoms with van der Waals surface area (Å²) in [4.78, 5) is 16.6. The fourth-order valence-corrected chi connectivity index (χ4v) is 2.78. The summed E-state index contributed by atoms with van der Waals surface area (Å²) in [5, 5.41) is 8.95. The second-order valence-corrected chi connectivity index (χ2v) is 5.49. The molecule has 0 atom stereocenters. The molecule has 1 N–H and O–H groups in total. The highest BCUT2D eigenvalue weighted by Crippen LogP contribution is 2.13. The monoisotopic (exact) mass is 299 g/mol. The quantitative estimate of drug-likeness (QED) is 0.924. The minimum Gasteiger partial charge on any atom is -0.395 e. The Kier molecular flexibility index (Phi) is 4.56. The maximum atomic E-state index is 12.5. The largest absolute Gasteiger partial charge is 0.395 e. The van der Waals surface area contributed by atoms with Crippen LogP contribution in [0.1, 0.15) is 10.4 Å². The van der Waals surface area contributed by atoms with Crippen LogP contribution in [0.25, 0.3) is 5.69 Å². The lowest BCUT2D eigenvalue weighted by Crippen LogP contribution is -2.49. The van der Waals surface area contributed by atoms with Gasteiger partial charge in [-0.25, -0.2) is 0 Å². The predicted molar refractivity (Wildman–Crippen MR) is 85.2 cm³/mol. The third-order valence-corrected chi connectivity index (χ3v) is 4.09. The lowest BCUT2D eigenvalue weighted by atomic mass is 10.1. The number of carbonyl (C=O) groups is 1. The summed E-state index contributed by atoms with van der Waals surface area (Å²) in [6.45, 7) is 3.96. The Hall–Kier alpha value is -2.11. The molecule has 0 saturated carbocycles. The van der Waals surface area contributed by atoms with Gasteiger partial charge in [0.1, 0.15) is 0 Å². The van der Waals surface area contributed by atoms with E-state index in [0.717, 1.165) is 37.4 Å². The maximum Gasteiger partial charge on any atom is 0.253 e. The molecule has 1 saturated heterocycles. The average Bonchev–Trinajstić information content (AvgIpc) is 3.10. The smallest absolute Gasteiger partial charge is 0.253 e. The SMILES string of the molecule is O=C(c1ccc(-n2cccc2)cc1)N1CCN(CCO)CC1. The Balaban J connectivity index is 1.63. The van der Waals surface area contributed by atoms with Crippen molar-refractivity contribution in [1.29, 1.82) is 0 Å². The standard InChI is InChI=1S/C17H21N3O2/c21-14-13-18-9-11-20(12-10-18)17(22)15-3-5-16(6-4-15)19-7-1-2-8-19/h1-8,21H,9-14H2. The van der Waals surface area contributed by atoms with Crippen LogP contribution in [0, 0.1) is 0 Å². The summed E-state index contributed by atoms with van der Waals surface area (Å²) in [7, 11) is 0. The van der Waals surface area contributed by atoms with Gasteiger partial charge in [-0.2, -0.15) is 0 Å². The van der Waals surface area contributed by atoms with Gasteiger partial charge >= 0.3 is 0 Å². The molecule has 1 aromatic heterocycles. The van der Waals surface area contributed by atoms with Crippen LogP contribution in [0.5, 0.6) is 0 Å². The van der Waals surface area contributed by atoms with Crippen LogP contribution in [0.2, 0.25) is 0 Å². The molecule has 2 heterocycles. The molecule has 1 aliphatic heterocycles. The summed E-state index contributed by atoms with van der Waals surface area (Å²) in [6.07, 6.45) is 3.97. The second kappa shape index (κ2) is 6.77. The molecule has 5 nitrogen and oxygen atoms in total. The van der Waals surface area contributed by atoms with Crippen molar-refractivity contribution in [2.75, 3.05) is 39.3 Å². The van der Waals surface area contributed by atoms with Gasteiger partial charge in [0.15, 0.2) is 0 Å². The van der Waals surface area contributed by atoms with Gasteiger partial charge in [-0.15, -0.1) is 0 Å². The number of rotatable bonds is 4. The van der Waals surface area contributed by atoms with Gasteiger partial charge in [0.2, 0.25) is 0 Å². The first kappa shape index (κ1) is 14.8. The summed E-state index contributed by atoms with van der Waals surface area (Å²) >= 11 is 0. The van der Waals surface area contributed by atoms with Crippen molar-refractivity contribution in [2.24, 2.45) is 0 Å². The van der Waals surface area contributed by atoms with Crippen molar-refractivity contribution >= 4 is 5.91 Å². The van der Waals surface area contributed by atoms with E-state index in [-0.39, 0.29) is 12.5 Å². The number of aliphatic hydroxyl groups excluding tert-OH is 1. The second-order valence-electron chi connectivity index (χ2n) is 5.49. The number of carbonyl (C=O) groups excluding carboxylic acids is 1. The first-order valence-electron chi connectivity index (χ1n) is 7.64. The molecular weight excluding hydrogens is 278 g/mol. The third-order valence-electron chi connectivity index (χ3n) is 4.09. The van der Waals surface area contributed by atoms with Gasteiger partial charge in [-0.3, -0.25) is 9.69 Å². The van der Waals surface area contributed by atoms with Crippen LogP contribution < -0.4 is 0 Å². The zero-order valence-electron chi connectivity index (χ0n) is 12.6. The number of hydrogen-bond acceptors (Lipinski definition) is 3. The third kappa shape index (κ3) is 3.21. The molecular formula is C17H21N3O2. The minimum atomic E-state index is 0.0858. The van der Waals surface area contributed by atoms with Crippen molar-refractivity contribution in [3.05, 3.63) is 54.4 Å². The number of nitrogens with zero attached hydrogens (tertiary/aromatic N) is 3. The zero-order valence-corrected chi connectivity index (χ0v) is 12.6. The molecule has 0 unspecified atom stereocenters. The van der Waals surface area contributed by atoms with Crippen LogP contribution in [0.15, 0.2) is 48.8 Å². The molecule has 0 aliphatic carbocycles. The van der Waals surface area contributed by atoms with Crippen molar-refractivity contribution < 1.29 is 9.90 Å². The molecule has 22 heavy (non-hydrogen) atoms. The predicted octanol–water partition coefficient (Wildman–Crippen LogP) is 1.23. The van der Waals surface area contributed by atoms with E-state index in [9.17, 15) is 4.79 Å². The van der Waals surface area contributed by atoms with Crippen LogP contribution in [0.4, 0.5) is 0 Å². The van der Waals surface area contributed by atoms with E-state index in [1.54, 1.807) is 0 Å². The summed E-state index contributed by atoms with van der Waals surface area (Å²) < 4.78 is 2.02. The first-order chi connectivity index (χ1) is 10.8. The molecule has 0 radical (unpaired) electrons. The molecule has 5 heteroatoms. The lowest BCUT2D eigenvalue weighted by Gasteiger charge is -2.34. The van der Waals surface area contributed by atoms with Gasteiger partial charge in [0.05, 0.1) is 6.61 Å².